The summed E-state index contributed by atoms with van der Waals surface area (Å²) in [4.78, 5) is 13.8. The van der Waals surface area contributed by atoms with Crippen LogP contribution in [0.4, 0.5) is 0 Å². The van der Waals surface area contributed by atoms with Gasteiger partial charge in [-0.15, -0.1) is 0 Å². The van der Waals surface area contributed by atoms with E-state index in [9.17, 15) is 4.79 Å². The first kappa shape index (κ1) is 19.6. The zero-order valence-corrected chi connectivity index (χ0v) is 17.9. The first-order valence-electron chi connectivity index (χ1n) is 10.0. The SMILES string of the molecule is C[Si](C(=O)c1ccc(C#Cc2ccccc2)cc1)(c1ccccc1)c1ccccc1. The molecule has 0 saturated heterocycles. The van der Waals surface area contributed by atoms with Crippen LogP contribution in [0.1, 0.15) is 21.5 Å². The van der Waals surface area contributed by atoms with Gasteiger partial charge < -0.3 is 0 Å². The van der Waals surface area contributed by atoms with Crippen molar-refractivity contribution in [2.45, 2.75) is 6.55 Å². The van der Waals surface area contributed by atoms with Crippen LogP contribution in [0.2, 0.25) is 6.55 Å². The zero-order chi connectivity index (χ0) is 20.8. The van der Waals surface area contributed by atoms with Crippen molar-refractivity contribution in [3.63, 3.8) is 0 Å². The molecule has 0 amide bonds. The van der Waals surface area contributed by atoms with Crippen LogP contribution in [0.3, 0.4) is 0 Å². The predicted molar refractivity (Wildman–Crippen MR) is 127 cm³/mol. The molecule has 0 aliphatic heterocycles. The molecule has 4 rings (SSSR count). The van der Waals surface area contributed by atoms with E-state index in [1.165, 1.54) is 0 Å². The van der Waals surface area contributed by atoms with E-state index in [0.29, 0.717) is 0 Å². The second kappa shape index (κ2) is 8.78. The first-order valence-corrected chi connectivity index (χ1v) is 12.5. The van der Waals surface area contributed by atoms with Gasteiger partial charge >= 0.3 is 0 Å². The Morgan fingerprint density at radius 2 is 0.967 bits per heavy atom. The molecule has 4 aromatic rings. The van der Waals surface area contributed by atoms with Gasteiger partial charge in [0.25, 0.3) is 0 Å². The highest BCUT2D eigenvalue weighted by molar-refractivity contribution is 7.23. The van der Waals surface area contributed by atoms with Crippen molar-refractivity contribution < 1.29 is 4.79 Å². The normalized spacial score (nSPS) is 10.7. The number of carbonyl (C=O) groups excluding carboxylic acids is 1. The maximum absolute atomic E-state index is 13.8. The molecular formula is C28H22OSi. The largest absolute Gasteiger partial charge is 0.299 e. The van der Waals surface area contributed by atoms with Gasteiger partial charge in [-0.3, -0.25) is 4.79 Å². The third kappa shape index (κ3) is 4.03. The van der Waals surface area contributed by atoms with Gasteiger partial charge in [0.15, 0.2) is 13.5 Å². The zero-order valence-electron chi connectivity index (χ0n) is 16.9. The Kier molecular flexibility index (Phi) is 5.74. The van der Waals surface area contributed by atoms with E-state index in [1.54, 1.807) is 0 Å². The van der Waals surface area contributed by atoms with E-state index in [4.69, 9.17) is 0 Å². The Hall–Kier alpha value is -3.67. The third-order valence-corrected chi connectivity index (χ3v) is 9.60. The highest BCUT2D eigenvalue weighted by Gasteiger charge is 2.40. The maximum atomic E-state index is 13.8. The average molecular weight is 403 g/mol. The van der Waals surface area contributed by atoms with Gasteiger partial charge in [0.2, 0.25) is 0 Å². The van der Waals surface area contributed by atoms with E-state index in [2.05, 4.69) is 42.7 Å². The van der Waals surface area contributed by atoms with Gasteiger partial charge in [0, 0.05) is 16.7 Å². The summed E-state index contributed by atoms with van der Waals surface area (Å²) in [6, 6.07) is 38.0. The van der Waals surface area contributed by atoms with Crippen molar-refractivity contribution in [2.75, 3.05) is 0 Å². The van der Waals surface area contributed by atoms with Crippen molar-refractivity contribution in [1.82, 2.24) is 0 Å². The molecule has 0 unspecified atom stereocenters. The van der Waals surface area contributed by atoms with Crippen molar-refractivity contribution >= 4 is 23.9 Å². The van der Waals surface area contributed by atoms with Crippen LogP contribution in [-0.4, -0.2) is 13.5 Å². The molecule has 4 aromatic carbocycles. The number of carbonyl (C=O) groups is 1. The molecule has 0 spiro atoms. The lowest BCUT2D eigenvalue weighted by Crippen LogP contribution is -2.62. The van der Waals surface area contributed by atoms with Gasteiger partial charge in [-0.2, -0.15) is 0 Å². The molecule has 0 aliphatic carbocycles. The predicted octanol–water partition coefficient (Wildman–Crippen LogP) is 4.70. The van der Waals surface area contributed by atoms with Crippen LogP contribution >= 0.6 is 0 Å². The molecule has 0 saturated carbocycles. The molecule has 2 heteroatoms. The standard InChI is InChI=1S/C28H22OSi/c1-30(26-13-7-3-8-14-26,27-15-9-4-10-16-27)28(29)25-21-19-24(20-22-25)18-17-23-11-5-2-6-12-23/h2-16,19-22H,1H3. The fourth-order valence-electron chi connectivity index (χ4n) is 3.63. The average Bonchev–Trinajstić information content (AvgIpc) is 2.84. The minimum atomic E-state index is -2.61. The monoisotopic (exact) mass is 402 g/mol. The molecule has 0 radical (unpaired) electrons. The molecule has 0 N–H and O–H groups in total. The molecule has 0 aliphatic rings. The number of hydrogen-bond donors (Lipinski definition) is 0. The highest BCUT2D eigenvalue weighted by atomic mass is 28.3. The Labute approximate surface area is 179 Å². The summed E-state index contributed by atoms with van der Waals surface area (Å²) in [7, 11) is -2.61. The number of benzene rings is 4. The van der Waals surface area contributed by atoms with Crippen molar-refractivity contribution in [3.8, 4) is 11.8 Å². The molecule has 1 nitrogen and oxygen atoms in total. The Balaban J connectivity index is 1.68. The van der Waals surface area contributed by atoms with Crippen LogP contribution in [0.5, 0.6) is 0 Å². The molecule has 0 bridgehead atoms. The van der Waals surface area contributed by atoms with Crippen molar-refractivity contribution in [3.05, 3.63) is 132 Å². The lowest BCUT2D eigenvalue weighted by molar-refractivity contribution is 0.107. The van der Waals surface area contributed by atoms with Crippen LogP contribution in [0, 0.1) is 11.8 Å². The van der Waals surface area contributed by atoms with Gasteiger partial charge in [0.05, 0.1) is 0 Å². The van der Waals surface area contributed by atoms with Crippen LogP contribution < -0.4 is 10.4 Å². The summed E-state index contributed by atoms with van der Waals surface area (Å²) >= 11 is 0. The van der Waals surface area contributed by atoms with E-state index in [-0.39, 0.29) is 5.41 Å². The lowest BCUT2D eigenvalue weighted by atomic mass is 10.1. The lowest BCUT2D eigenvalue weighted by Gasteiger charge is -2.27. The molecular weight excluding hydrogens is 380 g/mol. The summed E-state index contributed by atoms with van der Waals surface area (Å²) in [6.07, 6.45) is 0. The van der Waals surface area contributed by atoms with Crippen LogP contribution in [0.25, 0.3) is 0 Å². The van der Waals surface area contributed by atoms with E-state index < -0.39 is 8.07 Å². The molecule has 144 valence electrons. The fourth-order valence-corrected chi connectivity index (χ4v) is 6.95. The van der Waals surface area contributed by atoms with Crippen molar-refractivity contribution in [2.24, 2.45) is 0 Å². The summed E-state index contributed by atoms with van der Waals surface area (Å²) in [5, 5.41) is 2.45. The Bertz CT molecular complexity index is 1150. The molecule has 0 fully saturated rings. The molecule has 0 heterocycles. The van der Waals surface area contributed by atoms with Gasteiger partial charge in [-0.05, 0) is 34.6 Å². The minimum absolute atomic E-state index is 0.211. The molecule has 30 heavy (non-hydrogen) atoms. The van der Waals surface area contributed by atoms with Gasteiger partial charge in [0.1, 0.15) is 0 Å². The Morgan fingerprint density at radius 1 is 0.567 bits per heavy atom. The maximum Gasteiger partial charge on any atom is 0.196 e. The Morgan fingerprint density at radius 3 is 1.43 bits per heavy atom. The quantitative estimate of drug-likeness (QED) is 0.357. The third-order valence-electron chi connectivity index (χ3n) is 5.43. The molecule has 0 aromatic heterocycles. The van der Waals surface area contributed by atoms with Crippen LogP contribution in [0.15, 0.2) is 115 Å². The highest BCUT2D eigenvalue weighted by Crippen LogP contribution is 2.15. The second-order valence-corrected chi connectivity index (χ2v) is 11.2. The summed E-state index contributed by atoms with van der Waals surface area (Å²) in [5.74, 6) is 6.34. The van der Waals surface area contributed by atoms with E-state index in [0.717, 1.165) is 27.1 Å². The fraction of sp³-hybridized carbons (Fsp3) is 0.0357. The summed E-state index contributed by atoms with van der Waals surface area (Å²) in [5.41, 5.74) is 2.62. The van der Waals surface area contributed by atoms with Crippen LogP contribution in [-0.2, 0) is 0 Å². The van der Waals surface area contributed by atoms with Gasteiger partial charge in [-0.1, -0.05) is 109 Å². The van der Waals surface area contributed by atoms with Crippen molar-refractivity contribution in [1.29, 1.82) is 0 Å². The summed E-state index contributed by atoms with van der Waals surface area (Å²) in [6.45, 7) is 2.14. The van der Waals surface area contributed by atoms with E-state index >= 15 is 0 Å². The minimum Gasteiger partial charge on any atom is -0.299 e. The number of rotatable bonds is 4. The second-order valence-electron chi connectivity index (χ2n) is 7.38. The number of hydrogen-bond acceptors (Lipinski definition) is 1. The van der Waals surface area contributed by atoms with E-state index in [1.807, 2.05) is 91.0 Å². The smallest absolute Gasteiger partial charge is 0.196 e. The van der Waals surface area contributed by atoms with Gasteiger partial charge in [-0.25, -0.2) is 0 Å². The molecule has 0 atom stereocenters. The topological polar surface area (TPSA) is 17.1 Å². The summed E-state index contributed by atoms with van der Waals surface area (Å²) < 4.78 is 0. The first-order chi connectivity index (χ1) is 14.7.